The summed E-state index contributed by atoms with van der Waals surface area (Å²) in [6.07, 6.45) is 1.55. The van der Waals surface area contributed by atoms with Crippen molar-refractivity contribution in [2.75, 3.05) is 0 Å². The third-order valence-corrected chi connectivity index (χ3v) is 6.13. The van der Waals surface area contributed by atoms with Crippen LogP contribution in [0.2, 0.25) is 0 Å². The molecule has 6 heteroatoms. The fraction of sp³-hybridized carbons (Fsp3) is 0.471. The Balaban J connectivity index is 2.58. The summed E-state index contributed by atoms with van der Waals surface area (Å²) < 4.78 is 31.6. The fourth-order valence-electron chi connectivity index (χ4n) is 2.30. The Morgan fingerprint density at radius 1 is 1.09 bits per heavy atom. The largest absolute Gasteiger partial charge is 0.459 e. The highest BCUT2D eigenvalue weighted by molar-refractivity contribution is 7.93. The molecule has 0 fully saturated rings. The molecule has 0 unspecified atom stereocenters. The van der Waals surface area contributed by atoms with Crippen LogP contribution in [0.5, 0.6) is 0 Å². The minimum absolute atomic E-state index is 0.145. The van der Waals surface area contributed by atoms with Crippen molar-refractivity contribution in [2.24, 2.45) is 7.05 Å². The summed E-state index contributed by atoms with van der Waals surface area (Å²) in [6, 6.07) is 7.21. The molecule has 0 saturated heterocycles. The Kier molecular flexibility index (Phi) is 4.09. The summed E-state index contributed by atoms with van der Waals surface area (Å²) in [5.41, 5.74) is 0.0499. The molecule has 1 aromatic heterocycles. The number of carbonyl (C=O) groups excluding carboxylic acids is 1. The predicted octanol–water partition coefficient (Wildman–Crippen LogP) is 3.07. The molecule has 0 bridgehead atoms. The van der Waals surface area contributed by atoms with Gasteiger partial charge < -0.3 is 9.30 Å². The molecule has 0 spiro atoms. The van der Waals surface area contributed by atoms with Crippen LogP contribution in [0.15, 0.2) is 35.4 Å². The van der Waals surface area contributed by atoms with Gasteiger partial charge in [0.25, 0.3) is 0 Å². The summed E-state index contributed by atoms with van der Waals surface area (Å²) in [5, 5.41) is 0.603. The van der Waals surface area contributed by atoms with Crippen molar-refractivity contribution < 1.29 is 17.9 Å². The molecule has 5 nitrogen and oxygen atoms in total. The van der Waals surface area contributed by atoms with Crippen LogP contribution in [0, 0.1) is 0 Å². The number of sulfone groups is 1. The van der Waals surface area contributed by atoms with Crippen molar-refractivity contribution in [1.29, 1.82) is 0 Å². The molecule has 0 aliphatic rings. The summed E-state index contributed by atoms with van der Waals surface area (Å²) in [6.45, 7) is 7.92. The van der Waals surface area contributed by atoms with Crippen LogP contribution in [-0.2, 0) is 26.4 Å². The molecule has 2 rings (SSSR count). The smallest absolute Gasteiger partial charge is 0.327 e. The number of aromatic nitrogens is 1. The lowest BCUT2D eigenvalue weighted by molar-refractivity contribution is -0.157. The van der Waals surface area contributed by atoms with E-state index in [0.717, 1.165) is 5.52 Å². The third kappa shape index (κ3) is 3.00. The highest BCUT2D eigenvalue weighted by Crippen LogP contribution is 2.33. The van der Waals surface area contributed by atoms with Crippen LogP contribution in [0.4, 0.5) is 0 Å². The quantitative estimate of drug-likeness (QED) is 0.807. The molecule has 0 aliphatic carbocycles. The van der Waals surface area contributed by atoms with E-state index in [9.17, 15) is 13.2 Å². The van der Waals surface area contributed by atoms with Gasteiger partial charge in [-0.2, -0.15) is 0 Å². The summed E-state index contributed by atoms with van der Waals surface area (Å²) in [4.78, 5) is 12.6. The van der Waals surface area contributed by atoms with Crippen molar-refractivity contribution in [3.05, 3.63) is 30.5 Å². The number of nitrogens with zero attached hydrogens (tertiary/aromatic N) is 1. The zero-order chi connectivity index (χ0) is 17.6. The molecular weight excluding hydrogens is 314 g/mol. The van der Waals surface area contributed by atoms with E-state index < -0.39 is 26.2 Å². The Hall–Kier alpha value is -1.82. The normalized spacial score (nSPS) is 13.3. The van der Waals surface area contributed by atoms with E-state index in [1.165, 1.54) is 13.8 Å². The Morgan fingerprint density at radius 3 is 2.22 bits per heavy atom. The number of aryl methyl sites for hydroxylation is 1. The third-order valence-electron chi connectivity index (χ3n) is 3.71. The Bertz CT molecular complexity index is 854. The topological polar surface area (TPSA) is 65.4 Å². The molecule has 0 atom stereocenters. The molecule has 1 aromatic carbocycles. The van der Waals surface area contributed by atoms with Gasteiger partial charge in [0, 0.05) is 24.1 Å². The number of benzene rings is 1. The van der Waals surface area contributed by atoms with Gasteiger partial charge in [0.05, 0.1) is 4.90 Å². The standard InChI is InChI=1S/C17H23NO4S/c1-16(2,3)22-15(19)17(4,5)23(20,21)14-11-18(6)13-10-8-7-9-12(13)14/h7-11H,1-6H3. The number of hydrogen-bond donors (Lipinski definition) is 0. The average molecular weight is 337 g/mol. The number of ether oxygens (including phenoxy) is 1. The lowest BCUT2D eigenvalue weighted by atomic mass is 10.1. The minimum atomic E-state index is -3.91. The van der Waals surface area contributed by atoms with Crippen LogP contribution in [-0.4, -0.2) is 29.3 Å². The SMILES string of the molecule is Cn1cc(S(=O)(=O)C(C)(C)C(=O)OC(C)(C)C)c2ccccc21. The van der Waals surface area contributed by atoms with Gasteiger partial charge in [-0.05, 0) is 40.7 Å². The van der Waals surface area contributed by atoms with E-state index in [0.29, 0.717) is 5.39 Å². The lowest BCUT2D eigenvalue weighted by Crippen LogP contribution is -2.44. The van der Waals surface area contributed by atoms with Crippen molar-refractivity contribution in [1.82, 2.24) is 4.57 Å². The van der Waals surface area contributed by atoms with Gasteiger partial charge in [0.15, 0.2) is 14.6 Å². The summed E-state index contributed by atoms with van der Waals surface area (Å²) >= 11 is 0. The molecule has 1 heterocycles. The van der Waals surface area contributed by atoms with Gasteiger partial charge in [0.1, 0.15) is 5.60 Å². The number of carbonyl (C=O) groups is 1. The maximum Gasteiger partial charge on any atom is 0.327 e. The van der Waals surface area contributed by atoms with Crippen LogP contribution >= 0.6 is 0 Å². The van der Waals surface area contributed by atoms with Gasteiger partial charge in [-0.15, -0.1) is 0 Å². The number of fused-ring (bicyclic) bond motifs is 1. The molecule has 126 valence electrons. The molecular formula is C17H23NO4S. The van der Waals surface area contributed by atoms with Gasteiger partial charge in [-0.3, -0.25) is 4.79 Å². The molecule has 0 aliphatic heterocycles. The molecule has 0 amide bonds. The Morgan fingerprint density at radius 2 is 1.65 bits per heavy atom. The first-order valence-electron chi connectivity index (χ1n) is 7.40. The zero-order valence-electron chi connectivity index (χ0n) is 14.4. The van der Waals surface area contributed by atoms with E-state index in [4.69, 9.17) is 4.74 Å². The average Bonchev–Trinajstić information content (AvgIpc) is 2.75. The molecule has 0 saturated carbocycles. The highest BCUT2D eigenvalue weighted by atomic mass is 32.2. The number of esters is 1. The molecule has 0 radical (unpaired) electrons. The fourth-order valence-corrected chi connectivity index (χ4v) is 3.87. The monoisotopic (exact) mass is 337 g/mol. The predicted molar refractivity (Wildman–Crippen MR) is 90.0 cm³/mol. The van der Waals surface area contributed by atoms with Gasteiger partial charge in [-0.25, -0.2) is 8.42 Å². The van der Waals surface area contributed by atoms with Gasteiger partial charge in [0.2, 0.25) is 0 Å². The first-order valence-corrected chi connectivity index (χ1v) is 8.88. The highest BCUT2D eigenvalue weighted by Gasteiger charge is 2.46. The number of rotatable bonds is 3. The number of para-hydroxylation sites is 1. The first-order chi connectivity index (χ1) is 10.4. The minimum Gasteiger partial charge on any atom is -0.459 e. The van der Waals surface area contributed by atoms with Crippen LogP contribution < -0.4 is 0 Å². The maximum absolute atomic E-state index is 13.1. The Labute approximate surface area is 137 Å². The van der Waals surface area contributed by atoms with E-state index in [-0.39, 0.29) is 4.90 Å². The van der Waals surface area contributed by atoms with Crippen LogP contribution in [0.1, 0.15) is 34.6 Å². The van der Waals surface area contributed by atoms with E-state index in [2.05, 4.69) is 0 Å². The lowest BCUT2D eigenvalue weighted by Gasteiger charge is -2.28. The van der Waals surface area contributed by atoms with Crippen molar-refractivity contribution in [3.63, 3.8) is 0 Å². The van der Waals surface area contributed by atoms with Crippen molar-refractivity contribution >= 4 is 26.7 Å². The second-order valence-electron chi connectivity index (χ2n) is 7.14. The van der Waals surface area contributed by atoms with E-state index in [1.54, 1.807) is 50.7 Å². The summed E-state index contributed by atoms with van der Waals surface area (Å²) in [5.74, 6) is -0.752. The van der Waals surface area contributed by atoms with E-state index >= 15 is 0 Å². The van der Waals surface area contributed by atoms with Crippen molar-refractivity contribution in [3.8, 4) is 0 Å². The van der Waals surface area contributed by atoms with Crippen LogP contribution in [0.25, 0.3) is 10.9 Å². The molecule has 23 heavy (non-hydrogen) atoms. The van der Waals surface area contributed by atoms with Crippen LogP contribution in [0.3, 0.4) is 0 Å². The zero-order valence-corrected chi connectivity index (χ0v) is 15.2. The second kappa shape index (κ2) is 5.37. The molecule has 0 N–H and O–H groups in total. The first kappa shape index (κ1) is 17.5. The maximum atomic E-state index is 13.1. The number of hydrogen-bond acceptors (Lipinski definition) is 4. The van der Waals surface area contributed by atoms with E-state index in [1.807, 2.05) is 12.1 Å². The van der Waals surface area contributed by atoms with Gasteiger partial charge >= 0.3 is 5.97 Å². The second-order valence-corrected chi connectivity index (χ2v) is 9.60. The molecule has 2 aromatic rings. The summed E-state index contributed by atoms with van der Waals surface area (Å²) in [7, 11) is -2.13. The van der Waals surface area contributed by atoms with Crippen molar-refractivity contribution in [2.45, 2.75) is 49.9 Å². The van der Waals surface area contributed by atoms with Gasteiger partial charge in [-0.1, -0.05) is 18.2 Å².